The Morgan fingerprint density at radius 1 is 0.929 bits per heavy atom. The number of hydrogen-bond acceptors (Lipinski definition) is 4. The fourth-order valence-electron chi connectivity index (χ4n) is 3.22. The largest absolute Gasteiger partial charge is 0.462 e. The molecule has 3 rings (SSSR count). The lowest BCUT2D eigenvalue weighted by molar-refractivity contribution is 0.0526. The third-order valence-electron chi connectivity index (χ3n) is 4.92. The van der Waals surface area contributed by atoms with Gasteiger partial charge in [-0.1, -0.05) is 19.1 Å². The van der Waals surface area contributed by atoms with Crippen LogP contribution in [-0.4, -0.2) is 49.7 Å². The van der Waals surface area contributed by atoms with Crippen LogP contribution in [0.4, 0.5) is 16.2 Å². The minimum Gasteiger partial charge on any atom is -0.462 e. The topological polar surface area (TPSA) is 61.9 Å². The normalized spacial score (nSPS) is 13.9. The van der Waals surface area contributed by atoms with Gasteiger partial charge in [0.05, 0.1) is 12.2 Å². The molecule has 1 N–H and O–H groups in total. The molecule has 0 radical (unpaired) electrons. The summed E-state index contributed by atoms with van der Waals surface area (Å²) in [4.78, 5) is 28.3. The highest BCUT2D eigenvalue weighted by atomic mass is 16.5. The second-order valence-electron chi connectivity index (χ2n) is 6.72. The number of carbonyl (C=O) groups is 2. The Labute approximate surface area is 166 Å². The van der Waals surface area contributed by atoms with Crippen LogP contribution in [-0.2, 0) is 11.2 Å². The average Bonchev–Trinajstić information content (AvgIpc) is 2.74. The van der Waals surface area contributed by atoms with Gasteiger partial charge >= 0.3 is 12.0 Å². The zero-order chi connectivity index (χ0) is 19.9. The van der Waals surface area contributed by atoms with Crippen LogP contribution >= 0.6 is 0 Å². The molecular weight excluding hydrogens is 354 g/mol. The molecule has 28 heavy (non-hydrogen) atoms. The molecule has 1 aliphatic rings. The number of urea groups is 1. The summed E-state index contributed by atoms with van der Waals surface area (Å²) in [6.07, 6.45) is 0.983. The zero-order valence-corrected chi connectivity index (χ0v) is 16.5. The van der Waals surface area contributed by atoms with E-state index in [0.717, 1.165) is 30.9 Å². The molecule has 0 unspecified atom stereocenters. The highest BCUT2D eigenvalue weighted by Gasteiger charge is 2.21. The summed E-state index contributed by atoms with van der Waals surface area (Å²) in [6.45, 7) is 7.08. The van der Waals surface area contributed by atoms with Crippen LogP contribution in [0.15, 0.2) is 48.5 Å². The van der Waals surface area contributed by atoms with Crippen LogP contribution in [0.5, 0.6) is 0 Å². The highest BCUT2D eigenvalue weighted by molar-refractivity contribution is 5.90. The van der Waals surface area contributed by atoms with E-state index in [0.29, 0.717) is 25.3 Å². The predicted octanol–water partition coefficient (Wildman–Crippen LogP) is 3.78. The Morgan fingerprint density at radius 2 is 1.57 bits per heavy atom. The van der Waals surface area contributed by atoms with Crippen molar-refractivity contribution in [1.29, 1.82) is 0 Å². The Kier molecular flexibility index (Phi) is 6.53. The Morgan fingerprint density at radius 3 is 2.14 bits per heavy atom. The van der Waals surface area contributed by atoms with Crippen LogP contribution in [0.3, 0.4) is 0 Å². The number of aryl methyl sites for hydroxylation is 1. The first kappa shape index (κ1) is 19.7. The number of amides is 2. The predicted molar refractivity (Wildman–Crippen MR) is 111 cm³/mol. The zero-order valence-electron chi connectivity index (χ0n) is 16.5. The number of nitrogens with zero attached hydrogens (tertiary/aromatic N) is 2. The van der Waals surface area contributed by atoms with Crippen LogP contribution in [0.1, 0.15) is 29.8 Å². The van der Waals surface area contributed by atoms with E-state index in [1.807, 2.05) is 41.3 Å². The third kappa shape index (κ3) is 4.82. The van der Waals surface area contributed by atoms with Gasteiger partial charge in [0, 0.05) is 37.6 Å². The van der Waals surface area contributed by atoms with Gasteiger partial charge in [-0.25, -0.2) is 9.59 Å². The summed E-state index contributed by atoms with van der Waals surface area (Å²) in [6, 6.07) is 15.3. The van der Waals surface area contributed by atoms with Gasteiger partial charge in [-0.05, 0) is 55.3 Å². The molecule has 1 aliphatic heterocycles. The quantitative estimate of drug-likeness (QED) is 0.801. The molecule has 6 nitrogen and oxygen atoms in total. The number of hydrogen-bond donors (Lipinski definition) is 1. The molecular formula is C22H27N3O3. The standard InChI is InChI=1S/C22H27N3O3/c1-3-17-5-9-19(10-6-17)23-22(27)25-15-13-24(14-16-25)20-11-7-18(8-12-20)21(26)28-4-2/h5-12H,3-4,13-16H2,1-2H3,(H,23,27). The molecule has 1 fully saturated rings. The van der Waals surface area contributed by atoms with E-state index >= 15 is 0 Å². The van der Waals surface area contributed by atoms with Gasteiger partial charge in [0.2, 0.25) is 0 Å². The third-order valence-corrected chi connectivity index (χ3v) is 4.92. The molecule has 1 saturated heterocycles. The summed E-state index contributed by atoms with van der Waals surface area (Å²) in [7, 11) is 0. The lowest BCUT2D eigenvalue weighted by Crippen LogP contribution is -2.50. The maximum absolute atomic E-state index is 12.5. The van der Waals surface area contributed by atoms with E-state index in [1.54, 1.807) is 19.1 Å². The number of carbonyl (C=O) groups excluding carboxylic acids is 2. The number of piperazine rings is 1. The van der Waals surface area contributed by atoms with Gasteiger partial charge in [-0.15, -0.1) is 0 Å². The van der Waals surface area contributed by atoms with Crippen molar-refractivity contribution in [2.45, 2.75) is 20.3 Å². The minimum atomic E-state index is -0.303. The van der Waals surface area contributed by atoms with Crippen molar-refractivity contribution in [1.82, 2.24) is 4.90 Å². The molecule has 2 aromatic carbocycles. The number of rotatable bonds is 5. The molecule has 0 bridgehead atoms. The Bertz CT molecular complexity index is 795. The van der Waals surface area contributed by atoms with Gasteiger partial charge in [-0.3, -0.25) is 0 Å². The summed E-state index contributed by atoms with van der Waals surface area (Å²) in [5, 5.41) is 2.97. The fourth-order valence-corrected chi connectivity index (χ4v) is 3.22. The first-order chi connectivity index (χ1) is 13.6. The maximum atomic E-state index is 12.5. The first-order valence-corrected chi connectivity index (χ1v) is 9.77. The van der Waals surface area contributed by atoms with E-state index < -0.39 is 0 Å². The van der Waals surface area contributed by atoms with E-state index in [4.69, 9.17) is 4.74 Å². The van der Waals surface area contributed by atoms with Crippen LogP contribution < -0.4 is 10.2 Å². The lowest BCUT2D eigenvalue weighted by atomic mass is 10.1. The molecule has 148 valence electrons. The van der Waals surface area contributed by atoms with E-state index in [-0.39, 0.29) is 12.0 Å². The molecule has 0 aliphatic carbocycles. The van der Waals surface area contributed by atoms with Crippen molar-refractivity contribution in [2.24, 2.45) is 0 Å². The van der Waals surface area contributed by atoms with Gasteiger partial charge in [0.25, 0.3) is 0 Å². The van der Waals surface area contributed by atoms with Crippen molar-refractivity contribution < 1.29 is 14.3 Å². The summed E-state index contributed by atoms with van der Waals surface area (Å²) in [5.41, 5.74) is 3.67. The van der Waals surface area contributed by atoms with Crippen molar-refractivity contribution in [3.8, 4) is 0 Å². The van der Waals surface area contributed by atoms with Crippen LogP contribution in [0, 0.1) is 0 Å². The molecule has 0 saturated carbocycles. The van der Waals surface area contributed by atoms with E-state index in [1.165, 1.54) is 5.56 Å². The first-order valence-electron chi connectivity index (χ1n) is 9.77. The lowest BCUT2D eigenvalue weighted by Gasteiger charge is -2.36. The number of nitrogens with one attached hydrogen (secondary N) is 1. The number of ether oxygens (including phenoxy) is 1. The Balaban J connectivity index is 1.52. The second kappa shape index (κ2) is 9.26. The van der Waals surface area contributed by atoms with Crippen molar-refractivity contribution in [3.63, 3.8) is 0 Å². The molecule has 2 amide bonds. The van der Waals surface area contributed by atoms with Gasteiger partial charge < -0.3 is 19.9 Å². The second-order valence-corrected chi connectivity index (χ2v) is 6.72. The molecule has 6 heteroatoms. The number of anilines is 2. The number of esters is 1. The summed E-state index contributed by atoms with van der Waals surface area (Å²) < 4.78 is 5.01. The average molecular weight is 381 g/mol. The smallest absolute Gasteiger partial charge is 0.338 e. The van der Waals surface area contributed by atoms with Crippen LogP contribution in [0.2, 0.25) is 0 Å². The Hall–Kier alpha value is -3.02. The van der Waals surface area contributed by atoms with E-state index in [9.17, 15) is 9.59 Å². The van der Waals surface area contributed by atoms with Gasteiger partial charge in [0.15, 0.2) is 0 Å². The summed E-state index contributed by atoms with van der Waals surface area (Å²) in [5.74, 6) is -0.303. The highest BCUT2D eigenvalue weighted by Crippen LogP contribution is 2.19. The number of benzene rings is 2. The maximum Gasteiger partial charge on any atom is 0.338 e. The molecule has 1 heterocycles. The minimum absolute atomic E-state index is 0.0680. The molecule has 2 aromatic rings. The SMILES string of the molecule is CCOC(=O)c1ccc(N2CCN(C(=O)Nc3ccc(CC)cc3)CC2)cc1. The monoisotopic (exact) mass is 381 g/mol. The van der Waals surface area contributed by atoms with Crippen molar-refractivity contribution in [2.75, 3.05) is 43.0 Å². The summed E-state index contributed by atoms with van der Waals surface area (Å²) >= 11 is 0. The fraction of sp³-hybridized carbons (Fsp3) is 0.364. The van der Waals surface area contributed by atoms with Gasteiger partial charge in [0.1, 0.15) is 0 Å². The molecule has 0 spiro atoms. The van der Waals surface area contributed by atoms with Gasteiger partial charge in [-0.2, -0.15) is 0 Å². The van der Waals surface area contributed by atoms with Crippen molar-refractivity contribution >= 4 is 23.4 Å². The van der Waals surface area contributed by atoms with Crippen molar-refractivity contribution in [3.05, 3.63) is 59.7 Å². The molecule has 0 aromatic heterocycles. The van der Waals surface area contributed by atoms with E-state index in [2.05, 4.69) is 17.1 Å². The molecule has 0 atom stereocenters. The van der Waals surface area contributed by atoms with Crippen LogP contribution in [0.25, 0.3) is 0 Å².